The highest BCUT2D eigenvalue weighted by atomic mass is 79.9. The molecule has 0 radical (unpaired) electrons. The van der Waals surface area contributed by atoms with Gasteiger partial charge in [-0.3, -0.25) is 0 Å². The number of rotatable bonds is 1. The van der Waals surface area contributed by atoms with Crippen molar-refractivity contribution < 1.29 is 4.74 Å². The van der Waals surface area contributed by atoms with Crippen LogP contribution in [0.25, 0.3) is 0 Å². The summed E-state index contributed by atoms with van der Waals surface area (Å²) in [6.45, 7) is 2.77. The Labute approximate surface area is 102 Å². The molecule has 1 aliphatic carbocycles. The summed E-state index contributed by atoms with van der Waals surface area (Å²) >= 11 is 5.68. The largest absolute Gasteiger partial charge is 0.370 e. The van der Waals surface area contributed by atoms with Crippen LogP contribution >= 0.6 is 27.3 Å². The van der Waals surface area contributed by atoms with Crippen LogP contribution in [0.2, 0.25) is 0 Å². The molecular formula is C11H14BrNOS. The summed E-state index contributed by atoms with van der Waals surface area (Å²) in [7, 11) is 0. The number of nitrogens with one attached hydrogen (secondary N) is 1. The van der Waals surface area contributed by atoms with Gasteiger partial charge in [0.1, 0.15) is 6.10 Å². The maximum absolute atomic E-state index is 5.80. The first kappa shape index (κ1) is 10.3. The van der Waals surface area contributed by atoms with Gasteiger partial charge in [0.25, 0.3) is 0 Å². The Kier molecular flexibility index (Phi) is 2.85. The van der Waals surface area contributed by atoms with Gasteiger partial charge in [0, 0.05) is 27.3 Å². The molecule has 0 aromatic carbocycles. The van der Waals surface area contributed by atoms with E-state index in [1.165, 1.54) is 28.6 Å². The molecule has 1 unspecified atom stereocenters. The molecule has 0 saturated carbocycles. The van der Waals surface area contributed by atoms with Crippen molar-refractivity contribution >= 4 is 27.3 Å². The molecule has 82 valence electrons. The van der Waals surface area contributed by atoms with E-state index in [-0.39, 0.29) is 6.10 Å². The zero-order chi connectivity index (χ0) is 10.3. The third-order valence-electron chi connectivity index (χ3n) is 3.10. The van der Waals surface area contributed by atoms with Gasteiger partial charge in [0.05, 0.1) is 6.61 Å². The molecule has 3 rings (SSSR count). The van der Waals surface area contributed by atoms with Gasteiger partial charge in [-0.15, -0.1) is 11.3 Å². The Morgan fingerprint density at radius 2 is 2.33 bits per heavy atom. The van der Waals surface area contributed by atoms with Gasteiger partial charge >= 0.3 is 0 Å². The molecule has 1 aromatic heterocycles. The normalized spacial score (nSPS) is 25.5. The third kappa shape index (κ3) is 1.78. The van der Waals surface area contributed by atoms with Gasteiger partial charge in [-0.1, -0.05) is 0 Å². The van der Waals surface area contributed by atoms with Crippen molar-refractivity contribution in [3.63, 3.8) is 0 Å². The predicted molar refractivity (Wildman–Crippen MR) is 65.6 cm³/mol. The second-order valence-electron chi connectivity index (χ2n) is 4.10. The fourth-order valence-corrected chi connectivity index (χ4v) is 4.73. The maximum atomic E-state index is 5.80. The summed E-state index contributed by atoms with van der Waals surface area (Å²) in [4.78, 5) is 2.97. The molecular weight excluding hydrogens is 274 g/mol. The minimum absolute atomic E-state index is 0.267. The average molecular weight is 288 g/mol. The van der Waals surface area contributed by atoms with E-state index in [2.05, 4.69) is 21.2 Å². The molecule has 1 atom stereocenters. The van der Waals surface area contributed by atoms with Crippen molar-refractivity contribution in [3.8, 4) is 0 Å². The highest BCUT2D eigenvalue weighted by Gasteiger charge is 2.26. The molecule has 1 aliphatic heterocycles. The van der Waals surface area contributed by atoms with E-state index < -0.39 is 0 Å². The molecule has 1 N–H and O–H groups in total. The van der Waals surface area contributed by atoms with E-state index in [1.54, 1.807) is 10.4 Å². The standard InChI is InChI=1S/C11H14BrNOS/c12-10-7-2-1-3-9(7)15-11(10)8-6-13-4-5-14-8/h8,13H,1-6H2. The zero-order valence-electron chi connectivity index (χ0n) is 8.51. The smallest absolute Gasteiger partial charge is 0.105 e. The van der Waals surface area contributed by atoms with Gasteiger partial charge < -0.3 is 10.1 Å². The Bertz CT molecular complexity index is 371. The lowest BCUT2D eigenvalue weighted by atomic mass is 10.2. The number of hydrogen-bond donors (Lipinski definition) is 1. The third-order valence-corrected chi connectivity index (χ3v) is 5.65. The van der Waals surface area contributed by atoms with Crippen LogP contribution in [-0.2, 0) is 17.6 Å². The maximum Gasteiger partial charge on any atom is 0.105 e. The first-order chi connectivity index (χ1) is 7.36. The summed E-state index contributed by atoms with van der Waals surface area (Å²) in [5.41, 5.74) is 1.55. The van der Waals surface area contributed by atoms with E-state index in [9.17, 15) is 0 Å². The van der Waals surface area contributed by atoms with E-state index in [0.717, 1.165) is 19.7 Å². The van der Waals surface area contributed by atoms with Crippen LogP contribution in [-0.4, -0.2) is 19.7 Å². The first-order valence-electron chi connectivity index (χ1n) is 5.48. The average Bonchev–Trinajstić information content (AvgIpc) is 2.83. The lowest BCUT2D eigenvalue weighted by Crippen LogP contribution is -2.33. The minimum Gasteiger partial charge on any atom is -0.370 e. The fourth-order valence-electron chi connectivity index (χ4n) is 2.33. The topological polar surface area (TPSA) is 21.3 Å². The number of thiophene rings is 1. The van der Waals surface area contributed by atoms with E-state index in [4.69, 9.17) is 4.74 Å². The van der Waals surface area contributed by atoms with Crippen LogP contribution in [0.1, 0.15) is 27.8 Å². The molecule has 15 heavy (non-hydrogen) atoms. The van der Waals surface area contributed by atoms with Crippen molar-refractivity contribution in [3.05, 3.63) is 19.8 Å². The van der Waals surface area contributed by atoms with Crippen molar-refractivity contribution in [1.82, 2.24) is 5.32 Å². The molecule has 0 amide bonds. The number of ether oxygens (including phenoxy) is 1. The first-order valence-corrected chi connectivity index (χ1v) is 7.09. The number of morpholine rings is 1. The van der Waals surface area contributed by atoms with Crippen LogP contribution in [0.5, 0.6) is 0 Å². The van der Waals surface area contributed by atoms with E-state index in [0.29, 0.717) is 0 Å². The zero-order valence-corrected chi connectivity index (χ0v) is 10.9. The molecule has 0 spiro atoms. The second-order valence-corrected chi connectivity index (χ2v) is 6.03. The van der Waals surface area contributed by atoms with Crippen LogP contribution in [0.15, 0.2) is 4.47 Å². The van der Waals surface area contributed by atoms with Gasteiger partial charge in [0.2, 0.25) is 0 Å². The molecule has 1 fully saturated rings. The van der Waals surface area contributed by atoms with Crippen LogP contribution in [0.4, 0.5) is 0 Å². The van der Waals surface area contributed by atoms with Gasteiger partial charge in [0.15, 0.2) is 0 Å². The molecule has 2 aliphatic rings. The quantitative estimate of drug-likeness (QED) is 0.858. The fraction of sp³-hybridized carbons (Fsp3) is 0.636. The Morgan fingerprint density at radius 1 is 1.40 bits per heavy atom. The van der Waals surface area contributed by atoms with Crippen LogP contribution < -0.4 is 5.32 Å². The lowest BCUT2D eigenvalue weighted by Gasteiger charge is -2.23. The highest BCUT2D eigenvalue weighted by Crippen LogP contribution is 2.42. The van der Waals surface area contributed by atoms with E-state index in [1.807, 2.05) is 11.3 Å². The Hall–Kier alpha value is 0.100. The summed E-state index contributed by atoms with van der Waals surface area (Å²) < 4.78 is 7.13. The van der Waals surface area contributed by atoms with Crippen LogP contribution in [0, 0.1) is 0 Å². The van der Waals surface area contributed by atoms with Gasteiger partial charge in [-0.2, -0.15) is 0 Å². The summed E-state index contributed by atoms with van der Waals surface area (Å²) in [5, 5.41) is 3.39. The molecule has 4 heteroatoms. The Balaban J connectivity index is 1.91. The number of fused-ring (bicyclic) bond motifs is 1. The van der Waals surface area contributed by atoms with E-state index >= 15 is 0 Å². The summed E-state index contributed by atoms with van der Waals surface area (Å²) in [6, 6.07) is 0. The molecule has 2 nitrogen and oxygen atoms in total. The lowest BCUT2D eigenvalue weighted by molar-refractivity contribution is 0.0295. The minimum atomic E-state index is 0.267. The molecule has 1 saturated heterocycles. The van der Waals surface area contributed by atoms with Gasteiger partial charge in [-0.05, 0) is 40.8 Å². The number of aryl methyl sites for hydroxylation is 1. The molecule has 1 aromatic rings. The summed E-state index contributed by atoms with van der Waals surface area (Å²) in [6.07, 6.45) is 4.10. The van der Waals surface area contributed by atoms with Gasteiger partial charge in [-0.25, -0.2) is 0 Å². The number of hydrogen-bond acceptors (Lipinski definition) is 3. The van der Waals surface area contributed by atoms with Crippen molar-refractivity contribution in [2.24, 2.45) is 0 Å². The monoisotopic (exact) mass is 287 g/mol. The van der Waals surface area contributed by atoms with Crippen molar-refractivity contribution in [1.29, 1.82) is 0 Å². The number of halogens is 1. The summed E-state index contributed by atoms with van der Waals surface area (Å²) in [5.74, 6) is 0. The SMILES string of the molecule is Brc1c(C2CNCCO2)sc2c1CCC2. The predicted octanol–water partition coefficient (Wildman–Crippen LogP) is 2.66. The molecule has 0 bridgehead atoms. The second kappa shape index (κ2) is 4.17. The van der Waals surface area contributed by atoms with Crippen molar-refractivity contribution in [2.75, 3.05) is 19.7 Å². The van der Waals surface area contributed by atoms with Crippen molar-refractivity contribution in [2.45, 2.75) is 25.4 Å². The Morgan fingerprint density at radius 3 is 3.07 bits per heavy atom. The highest BCUT2D eigenvalue weighted by molar-refractivity contribution is 9.10. The molecule has 2 heterocycles. The van der Waals surface area contributed by atoms with Crippen LogP contribution in [0.3, 0.4) is 0 Å².